The van der Waals surface area contributed by atoms with E-state index < -0.39 is 125 Å². The summed E-state index contributed by atoms with van der Waals surface area (Å²) in [6, 6.07) is -3.29. The fourth-order valence-electron chi connectivity index (χ4n) is 4.84. The molecule has 48 heavy (non-hydrogen) atoms. The second-order valence-corrected chi connectivity index (χ2v) is 12.5. The number of carbonyl (C=O) groups is 1. The number of hydrogen-bond donors (Lipinski definition) is 16. The molecular weight excluding hydrogens is 706 g/mol. The third-order valence-electron chi connectivity index (χ3n) is 7.15. The van der Waals surface area contributed by atoms with Crippen molar-refractivity contribution in [3.63, 3.8) is 0 Å². The Bertz CT molecular complexity index is 1160. The van der Waals surface area contributed by atoms with Gasteiger partial charge in [0.1, 0.15) is 61.0 Å². The molecule has 27 heteroatoms. The Balaban J connectivity index is 0.00000100. The first-order chi connectivity index (χ1) is 21.9. The molecule has 1 aliphatic carbocycles. The second kappa shape index (κ2) is 19.3. The number of rotatable bonds is 10. The van der Waals surface area contributed by atoms with E-state index in [9.17, 15) is 40.5 Å². The number of amides is 1. The topological polar surface area (TPSA) is 461 Å². The highest BCUT2D eigenvalue weighted by Gasteiger charge is 2.53. The molecule has 2 aliphatic heterocycles. The van der Waals surface area contributed by atoms with Crippen LogP contribution in [0, 0.1) is 0 Å². The van der Waals surface area contributed by atoms with Crippen molar-refractivity contribution >= 4 is 26.7 Å². The summed E-state index contributed by atoms with van der Waals surface area (Å²) in [5, 5.41) is 74.0. The van der Waals surface area contributed by atoms with Crippen LogP contribution in [0.2, 0.25) is 0 Å². The fourth-order valence-corrected chi connectivity index (χ4v) is 4.84. The summed E-state index contributed by atoms with van der Waals surface area (Å²) >= 11 is 0. The van der Waals surface area contributed by atoms with Gasteiger partial charge < -0.3 is 82.9 Å². The Kier molecular flexibility index (Phi) is 17.9. The predicted octanol–water partition coefficient (Wildman–Crippen LogP) is -9.09. The van der Waals surface area contributed by atoms with Crippen molar-refractivity contribution < 1.29 is 94.5 Å². The molecular formula is C21H45N5O20S2. The van der Waals surface area contributed by atoms with Crippen LogP contribution in [-0.4, -0.2) is 188 Å². The lowest BCUT2D eigenvalue weighted by Gasteiger charge is -2.48. The van der Waals surface area contributed by atoms with Gasteiger partial charge in [0.25, 0.3) is 0 Å². The zero-order valence-corrected chi connectivity index (χ0v) is 26.5. The molecule has 1 amide bonds. The first-order valence-electron chi connectivity index (χ1n) is 13.9. The molecule has 2 unspecified atom stereocenters. The molecule has 286 valence electrons. The number of carbonyl (C=O) groups excluding carboxylic acids is 1. The predicted molar refractivity (Wildman–Crippen MR) is 154 cm³/mol. The maximum absolute atomic E-state index is 12.4. The lowest BCUT2D eigenvalue weighted by Crippen LogP contribution is -2.69. The Labute approximate surface area is 273 Å². The van der Waals surface area contributed by atoms with Crippen molar-refractivity contribution in [3.8, 4) is 0 Å². The summed E-state index contributed by atoms with van der Waals surface area (Å²) in [6.07, 6.45) is -16.9. The van der Waals surface area contributed by atoms with Gasteiger partial charge in [0, 0.05) is 12.6 Å². The van der Waals surface area contributed by atoms with Crippen molar-refractivity contribution in [1.82, 2.24) is 5.32 Å². The molecule has 3 fully saturated rings. The molecule has 3 rings (SSSR count). The molecule has 3 aliphatic rings. The lowest BCUT2D eigenvalue weighted by atomic mass is 9.83. The van der Waals surface area contributed by atoms with Gasteiger partial charge in [0.05, 0.1) is 18.7 Å². The summed E-state index contributed by atoms with van der Waals surface area (Å²) in [6.45, 7) is -0.764. The third-order valence-corrected chi connectivity index (χ3v) is 7.15. The van der Waals surface area contributed by atoms with Crippen LogP contribution < -0.4 is 28.3 Å². The van der Waals surface area contributed by atoms with Gasteiger partial charge in [0.15, 0.2) is 12.6 Å². The second-order valence-electron chi connectivity index (χ2n) is 10.7. The molecule has 0 radical (unpaired) electrons. The standard InChI is InChI=1S/C21H41N5O12.2H2O4S/c22-2-1-8(28)19(34)26-7-3-6(24)17(37-20-11(25)15(32)13(30)9(4-23)35-20)18(12(7)29)38-21-16(33)14(31)10(5-27)36-21;2*1-5(2,3)4/h6-18,20-21,27-33H,1-5,22-25H2,(H,26,34);2*(H2,1,2,3,4)/t6-,7+,8?,9+,10+,11+,12-,13+,14-,15+,16+,17+,18+,20+,21?;;/m0../s1. The van der Waals surface area contributed by atoms with Gasteiger partial charge in [-0.1, -0.05) is 0 Å². The lowest BCUT2D eigenvalue weighted by molar-refractivity contribution is -0.307. The van der Waals surface area contributed by atoms with Crippen molar-refractivity contribution in [3.05, 3.63) is 0 Å². The average Bonchev–Trinajstić information content (AvgIpc) is 3.23. The van der Waals surface area contributed by atoms with Gasteiger partial charge >= 0.3 is 20.8 Å². The number of nitrogens with two attached hydrogens (primary N) is 4. The molecule has 1 saturated carbocycles. The summed E-state index contributed by atoms with van der Waals surface area (Å²) in [7, 11) is -9.33. The minimum Gasteiger partial charge on any atom is -0.394 e. The van der Waals surface area contributed by atoms with Gasteiger partial charge in [-0.05, 0) is 19.4 Å². The quantitative estimate of drug-likeness (QED) is 0.0921. The van der Waals surface area contributed by atoms with Gasteiger partial charge in [-0.2, -0.15) is 16.8 Å². The van der Waals surface area contributed by atoms with Crippen LogP contribution in [0.1, 0.15) is 12.8 Å². The molecule has 0 bridgehead atoms. The molecule has 2 saturated heterocycles. The molecule has 0 aromatic heterocycles. The minimum absolute atomic E-state index is 0.0255. The van der Waals surface area contributed by atoms with E-state index in [2.05, 4.69) is 5.32 Å². The summed E-state index contributed by atoms with van der Waals surface area (Å²) in [4.78, 5) is 12.4. The fraction of sp³-hybridized carbons (Fsp3) is 0.952. The Hall–Kier alpha value is -1.39. The summed E-state index contributed by atoms with van der Waals surface area (Å²) < 4.78 is 85.9. The first kappa shape index (κ1) is 44.6. The Morgan fingerprint density at radius 3 is 1.73 bits per heavy atom. The first-order valence-corrected chi connectivity index (χ1v) is 16.7. The van der Waals surface area contributed by atoms with Gasteiger partial charge in [-0.15, -0.1) is 0 Å². The molecule has 0 aromatic rings. The number of nitrogens with one attached hydrogen (secondary N) is 1. The molecule has 2 heterocycles. The molecule has 25 nitrogen and oxygen atoms in total. The minimum atomic E-state index is -4.67. The van der Waals surface area contributed by atoms with Crippen LogP contribution in [-0.2, 0) is 44.5 Å². The van der Waals surface area contributed by atoms with E-state index in [1.807, 2.05) is 0 Å². The number of aliphatic hydroxyl groups is 7. The van der Waals surface area contributed by atoms with Gasteiger partial charge in [0.2, 0.25) is 5.91 Å². The van der Waals surface area contributed by atoms with Crippen LogP contribution in [0.15, 0.2) is 0 Å². The van der Waals surface area contributed by atoms with Gasteiger partial charge in [-0.25, -0.2) is 0 Å². The van der Waals surface area contributed by atoms with E-state index in [0.717, 1.165) is 0 Å². The van der Waals surface area contributed by atoms with Crippen LogP contribution in [0.5, 0.6) is 0 Å². The maximum atomic E-state index is 12.4. The highest BCUT2D eigenvalue weighted by molar-refractivity contribution is 7.80. The van der Waals surface area contributed by atoms with E-state index in [1.165, 1.54) is 0 Å². The maximum Gasteiger partial charge on any atom is 0.394 e. The van der Waals surface area contributed by atoms with Gasteiger partial charge in [-0.3, -0.25) is 23.0 Å². The third kappa shape index (κ3) is 14.1. The van der Waals surface area contributed by atoms with Crippen LogP contribution in [0.4, 0.5) is 0 Å². The van der Waals surface area contributed by atoms with E-state index in [1.54, 1.807) is 0 Å². The van der Waals surface area contributed by atoms with E-state index in [-0.39, 0.29) is 25.9 Å². The Morgan fingerprint density at radius 2 is 1.27 bits per heavy atom. The van der Waals surface area contributed by atoms with Crippen molar-refractivity contribution in [1.29, 1.82) is 0 Å². The average molecular weight is 752 g/mol. The molecule has 0 aromatic carbocycles. The number of aliphatic hydroxyl groups excluding tert-OH is 7. The zero-order valence-electron chi connectivity index (χ0n) is 24.9. The van der Waals surface area contributed by atoms with E-state index in [0.29, 0.717) is 0 Å². The SMILES string of the molecule is NCCC(O)C(=O)N[C@@H]1C[C@H](N)[C@@H](O[C@H]2O[C@H](CN)[C@@H](O)[C@H](O)[C@H]2N)[C@H](OC2O[C@H](CO)[C@H](O)[C@H]2O)[C@H]1O.O=S(=O)(O)O.O=S(=O)(O)O. The van der Waals surface area contributed by atoms with Crippen molar-refractivity contribution in [2.75, 3.05) is 19.7 Å². The number of hydrogen-bond acceptors (Lipinski definition) is 20. The monoisotopic (exact) mass is 751 g/mol. The van der Waals surface area contributed by atoms with E-state index in [4.69, 9.17) is 76.9 Å². The van der Waals surface area contributed by atoms with Crippen LogP contribution >= 0.6 is 0 Å². The number of ether oxygens (including phenoxy) is 4. The largest absolute Gasteiger partial charge is 0.394 e. The zero-order chi connectivity index (χ0) is 37.3. The molecule has 0 spiro atoms. The molecule has 20 N–H and O–H groups in total. The Morgan fingerprint density at radius 1 is 0.792 bits per heavy atom. The highest BCUT2D eigenvalue weighted by atomic mass is 32.3. The highest BCUT2D eigenvalue weighted by Crippen LogP contribution is 2.32. The normalized spacial score (nSPS) is 39.3. The van der Waals surface area contributed by atoms with Crippen LogP contribution in [0.3, 0.4) is 0 Å². The van der Waals surface area contributed by atoms with Crippen molar-refractivity contribution in [2.45, 2.75) is 105 Å². The van der Waals surface area contributed by atoms with Crippen LogP contribution in [0.25, 0.3) is 0 Å². The smallest absolute Gasteiger partial charge is 0.394 e. The van der Waals surface area contributed by atoms with E-state index >= 15 is 0 Å². The summed E-state index contributed by atoms with van der Waals surface area (Å²) in [5.74, 6) is -0.807. The summed E-state index contributed by atoms with van der Waals surface area (Å²) in [5.41, 5.74) is 23.3. The van der Waals surface area contributed by atoms with Crippen molar-refractivity contribution in [2.24, 2.45) is 22.9 Å². The molecule has 15 atom stereocenters.